The Morgan fingerprint density at radius 1 is 1.19 bits per heavy atom. The summed E-state index contributed by atoms with van der Waals surface area (Å²) in [6.07, 6.45) is -6.36. The molecular formula is C25H24F5N5O. The molecule has 1 saturated heterocycles. The van der Waals surface area contributed by atoms with Gasteiger partial charge in [-0.1, -0.05) is 12.0 Å². The van der Waals surface area contributed by atoms with E-state index >= 15 is 0 Å². The molecule has 1 aromatic carbocycles. The van der Waals surface area contributed by atoms with Crippen LogP contribution >= 0.6 is 0 Å². The standard InChI is InChI=1S/C25H24F5N5O/c1-34-13-11-21(19(27)15-34)32-23-6-2-5-22-18(14-25(28,29)30)20(33-35(22)23)4-3-12-31-24(36)16-7-9-17(26)10-8-16/h2,5-10,19,21,32H,11-15H2,1H3,(H,31,36)/t19-,21+/m0/s1. The number of nitrogens with zero attached hydrogens (tertiary/aromatic N) is 3. The second-order valence-corrected chi connectivity index (χ2v) is 8.64. The summed E-state index contributed by atoms with van der Waals surface area (Å²) in [5.41, 5.74) is 0.237. The van der Waals surface area contributed by atoms with Crippen molar-refractivity contribution in [3.63, 3.8) is 0 Å². The van der Waals surface area contributed by atoms with Crippen LogP contribution in [-0.4, -0.2) is 65.5 Å². The number of aromatic nitrogens is 2. The normalized spacial score (nSPS) is 18.5. The molecule has 6 nitrogen and oxygen atoms in total. The number of anilines is 1. The first-order valence-electron chi connectivity index (χ1n) is 11.3. The zero-order valence-corrected chi connectivity index (χ0v) is 19.4. The highest BCUT2D eigenvalue weighted by atomic mass is 19.4. The van der Waals surface area contributed by atoms with E-state index in [1.807, 2.05) is 11.9 Å². The fourth-order valence-corrected chi connectivity index (χ4v) is 4.07. The zero-order chi connectivity index (χ0) is 25.9. The number of carbonyl (C=O) groups excluding carboxylic acids is 1. The van der Waals surface area contributed by atoms with Crippen molar-refractivity contribution in [3.8, 4) is 11.8 Å². The molecule has 0 spiro atoms. The lowest BCUT2D eigenvalue weighted by atomic mass is 10.0. The molecule has 1 fully saturated rings. The molecule has 36 heavy (non-hydrogen) atoms. The van der Waals surface area contributed by atoms with Gasteiger partial charge in [0.15, 0.2) is 0 Å². The first-order chi connectivity index (χ1) is 17.1. The highest BCUT2D eigenvalue weighted by Crippen LogP contribution is 2.28. The number of alkyl halides is 4. The van der Waals surface area contributed by atoms with E-state index in [0.29, 0.717) is 18.8 Å². The smallest absolute Gasteiger partial charge is 0.364 e. The van der Waals surface area contributed by atoms with E-state index < -0.39 is 36.5 Å². The van der Waals surface area contributed by atoms with Crippen molar-refractivity contribution >= 4 is 17.2 Å². The molecule has 1 amide bonds. The van der Waals surface area contributed by atoms with Crippen molar-refractivity contribution in [1.82, 2.24) is 19.8 Å². The maximum Gasteiger partial charge on any atom is 0.393 e. The monoisotopic (exact) mass is 505 g/mol. The van der Waals surface area contributed by atoms with Crippen LogP contribution in [0.2, 0.25) is 0 Å². The Labute approximate surface area is 204 Å². The lowest BCUT2D eigenvalue weighted by Crippen LogP contribution is -2.46. The molecule has 2 atom stereocenters. The predicted molar refractivity (Wildman–Crippen MR) is 125 cm³/mol. The number of benzene rings is 1. The molecular weight excluding hydrogens is 481 g/mol. The summed E-state index contributed by atoms with van der Waals surface area (Å²) in [5, 5.41) is 9.88. The van der Waals surface area contributed by atoms with Gasteiger partial charge in [0.2, 0.25) is 0 Å². The summed E-state index contributed by atoms with van der Waals surface area (Å²) in [6.45, 7) is 0.791. The van der Waals surface area contributed by atoms with Crippen LogP contribution in [0.5, 0.6) is 0 Å². The molecule has 0 radical (unpaired) electrons. The Balaban J connectivity index is 1.58. The number of carbonyl (C=O) groups is 1. The number of hydrogen-bond acceptors (Lipinski definition) is 4. The molecule has 4 rings (SSSR count). The van der Waals surface area contributed by atoms with Gasteiger partial charge in [-0.25, -0.2) is 13.3 Å². The summed E-state index contributed by atoms with van der Waals surface area (Å²) < 4.78 is 69.0. The van der Waals surface area contributed by atoms with Crippen molar-refractivity contribution in [2.45, 2.75) is 31.2 Å². The third-order valence-electron chi connectivity index (χ3n) is 5.87. The Hall–Kier alpha value is -3.65. The Morgan fingerprint density at radius 3 is 2.64 bits per heavy atom. The molecule has 0 unspecified atom stereocenters. The predicted octanol–water partition coefficient (Wildman–Crippen LogP) is 3.81. The highest BCUT2D eigenvalue weighted by molar-refractivity contribution is 5.94. The van der Waals surface area contributed by atoms with E-state index in [1.165, 1.54) is 22.7 Å². The van der Waals surface area contributed by atoms with Crippen molar-refractivity contribution in [3.05, 3.63) is 65.1 Å². The van der Waals surface area contributed by atoms with Gasteiger partial charge in [0.05, 0.1) is 24.5 Å². The number of pyridine rings is 1. The van der Waals surface area contributed by atoms with E-state index in [4.69, 9.17) is 0 Å². The molecule has 0 bridgehead atoms. The number of rotatable bonds is 5. The van der Waals surface area contributed by atoms with Gasteiger partial charge >= 0.3 is 6.18 Å². The van der Waals surface area contributed by atoms with E-state index in [1.54, 1.807) is 12.1 Å². The summed E-state index contributed by atoms with van der Waals surface area (Å²) in [4.78, 5) is 14.0. The van der Waals surface area contributed by atoms with E-state index in [2.05, 4.69) is 27.6 Å². The van der Waals surface area contributed by atoms with Gasteiger partial charge < -0.3 is 15.5 Å². The van der Waals surface area contributed by atoms with Crippen LogP contribution in [0.3, 0.4) is 0 Å². The number of halogens is 5. The van der Waals surface area contributed by atoms with Crippen LogP contribution in [-0.2, 0) is 6.42 Å². The van der Waals surface area contributed by atoms with Crippen LogP contribution in [0.25, 0.3) is 5.52 Å². The fraction of sp³-hybridized carbons (Fsp3) is 0.360. The Kier molecular flexibility index (Phi) is 7.45. The van der Waals surface area contributed by atoms with Gasteiger partial charge in [0.1, 0.15) is 23.5 Å². The molecule has 11 heteroatoms. The lowest BCUT2D eigenvalue weighted by Gasteiger charge is -2.33. The second-order valence-electron chi connectivity index (χ2n) is 8.64. The number of amides is 1. The van der Waals surface area contributed by atoms with E-state index in [0.717, 1.165) is 12.1 Å². The van der Waals surface area contributed by atoms with Gasteiger partial charge in [-0.15, -0.1) is 0 Å². The number of fused-ring (bicyclic) bond motifs is 1. The Bertz CT molecular complexity index is 1290. The van der Waals surface area contributed by atoms with E-state index in [-0.39, 0.29) is 35.4 Å². The van der Waals surface area contributed by atoms with Crippen LogP contribution in [0.1, 0.15) is 28.0 Å². The lowest BCUT2D eigenvalue weighted by molar-refractivity contribution is -0.127. The zero-order valence-electron chi connectivity index (χ0n) is 19.4. The second kappa shape index (κ2) is 10.5. The molecule has 2 N–H and O–H groups in total. The van der Waals surface area contributed by atoms with E-state index in [9.17, 15) is 26.7 Å². The van der Waals surface area contributed by atoms with Gasteiger partial charge in [-0.05, 0) is 55.8 Å². The Morgan fingerprint density at radius 2 is 1.94 bits per heavy atom. The molecule has 2 aromatic heterocycles. The summed E-state index contributed by atoms with van der Waals surface area (Å²) in [7, 11) is 1.83. The minimum atomic E-state index is -4.50. The number of hydrogen-bond donors (Lipinski definition) is 2. The largest absolute Gasteiger partial charge is 0.393 e. The first-order valence-corrected chi connectivity index (χ1v) is 11.3. The minimum absolute atomic E-state index is 0.0854. The topological polar surface area (TPSA) is 61.7 Å². The molecule has 0 aliphatic carbocycles. The summed E-state index contributed by atoms with van der Waals surface area (Å²) in [6, 6.07) is 9.11. The van der Waals surface area contributed by atoms with Crippen molar-refractivity contribution in [2.75, 3.05) is 32.0 Å². The third-order valence-corrected chi connectivity index (χ3v) is 5.87. The molecule has 1 aliphatic rings. The highest BCUT2D eigenvalue weighted by Gasteiger charge is 2.32. The van der Waals surface area contributed by atoms with Crippen LogP contribution in [0.15, 0.2) is 42.5 Å². The van der Waals surface area contributed by atoms with Crippen molar-refractivity contribution in [2.24, 2.45) is 0 Å². The third kappa shape index (κ3) is 6.12. The summed E-state index contributed by atoms with van der Waals surface area (Å²) >= 11 is 0. The van der Waals surface area contributed by atoms with Gasteiger partial charge in [0, 0.05) is 24.2 Å². The average molecular weight is 505 g/mol. The maximum absolute atomic E-state index is 14.5. The molecule has 3 aromatic rings. The molecule has 0 saturated carbocycles. The number of likely N-dealkylation sites (tertiary alicyclic amines) is 1. The molecule has 190 valence electrons. The summed E-state index contributed by atoms with van der Waals surface area (Å²) in [5.74, 6) is 4.63. The van der Waals surface area contributed by atoms with Crippen LogP contribution < -0.4 is 10.6 Å². The van der Waals surface area contributed by atoms with Gasteiger partial charge in [0.25, 0.3) is 5.91 Å². The SMILES string of the molecule is CN1CC[C@@H](Nc2cccc3c(CC(F)(F)F)c(C#CCNC(=O)c4ccc(F)cc4)nn23)[C@@H](F)C1. The quantitative estimate of drug-likeness (QED) is 0.409. The fourth-order valence-electron chi connectivity index (χ4n) is 4.07. The molecule has 1 aliphatic heterocycles. The van der Waals surface area contributed by atoms with Crippen molar-refractivity contribution < 1.29 is 26.7 Å². The minimum Gasteiger partial charge on any atom is -0.364 e. The van der Waals surface area contributed by atoms with Gasteiger partial charge in [-0.3, -0.25) is 4.79 Å². The first kappa shape index (κ1) is 25.4. The molecule has 3 heterocycles. The van der Waals surface area contributed by atoms with Gasteiger partial charge in [-0.2, -0.15) is 18.3 Å². The van der Waals surface area contributed by atoms with Crippen molar-refractivity contribution in [1.29, 1.82) is 0 Å². The van der Waals surface area contributed by atoms with Crippen LogP contribution in [0.4, 0.5) is 27.8 Å². The number of nitrogens with one attached hydrogen (secondary N) is 2. The average Bonchev–Trinajstić information content (AvgIpc) is 3.15. The van der Waals surface area contributed by atoms with Crippen LogP contribution in [0, 0.1) is 17.7 Å². The number of piperidine rings is 1. The maximum atomic E-state index is 14.5.